The molecule has 2 aromatic rings. The largest absolute Gasteiger partial charge is 0.349 e. The van der Waals surface area contributed by atoms with Crippen LogP contribution in [0.4, 0.5) is 0 Å². The summed E-state index contributed by atoms with van der Waals surface area (Å²) in [6.45, 7) is 8.36. The van der Waals surface area contributed by atoms with E-state index in [0.29, 0.717) is 12.2 Å². The van der Waals surface area contributed by atoms with E-state index < -0.39 is 0 Å². The van der Waals surface area contributed by atoms with Gasteiger partial charge >= 0.3 is 0 Å². The molecule has 128 valence electrons. The van der Waals surface area contributed by atoms with Crippen molar-refractivity contribution in [1.82, 2.24) is 30.6 Å². The van der Waals surface area contributed by atoms with E-state index in [4.69, 9.17) is 0 Å². The second kappa shape index (κ2) is 8.69. The number of hydrogen-bond donors (Lipinski definition) is 3. The monoisotopic (exact) mass is 340 g/mol. The lowest BCUT2D eigenvalue weighted by molar-refractivity contribution is 0.0949. The number of carbonyl (C=O) groups is 1. The predicted octanol–water partition coefficient (Wildman–Crippen LogP) is 1.58. The highest BCUT2D eigenvalue weighted by molar-refractivity contribution is 5.93. The Hall–Kier alpha value is -1.86. The number of aromatic nitrogens is 4. The summed E-state index contributed by atoms with van der Waals surface area (Å²) in [7, 11) is 1.90. The number of carbonyl (C=O) groups excluding carboxylic acids is 1. The van der Waals surface area contributed by atoms with Crippen LogP contribution in [-0.2, 0) is 7.05 Å². The van der Waals surface area contributed by atoms with Crippen molar-refractivity contribution in [2.75, 3.05) is 19.6 Å². The van der Waals surface area contributed by atoms with Crippen LogP contribution in [0, 0.1) is 13.8 Å². The van der Waals surface area contributed by atoms with Crippen LogP contribution in [0.2, 0.25) is 0 Å². The van der Waals surface area contributed by atoms with Gasteiger partial charge in [-0.15, -0.1) is 12.4 Å². The molecule has 3 N–H and O–H groups in total. The fourth-order valence-electron chi connectivity index (χ4n) is 2.37. The maximum atomic E-state index is 12.1. The Kier molecular flexibility index (Phi) is 7.25. The van der Waals surface area contributed by atoms with Crippen molar-refractivity contribution in [2.45, 2.75) is 27.2 Å². The van der Waals surface area contributed by atoms with Crippen molar-refractivity contribution in [3.8, 4) is 11.3 Å². The van der Waals surface area contributed by atoms with Gasteiger partial charge in [-0.3, -0.25) is 14.6 Å². The van der Waals surface area contributed by atoms with Gasteiger partial charge in [0.05, 0.1) is 11.4 Å². The average Bonchev–Trinajstić information content (AvgIpc) is 3.04. The zero-order valence-corrected chi connectivity index (χ0v) is 14.9. The topological polar surface area (TPSA) is 87.6 Å². The minimum absolute atomic E-state index is 0. The number of hydrogen-bond acceptors (Lipinski definition) is 4. The fourth-order valence-corrected chi connectivity index (χ4v) is 2.37. The minimum atomic E-state index is -0.142. The second-order valence-corrected chi connectivity index (χ2v) is 5.34. The van der Waals surface area contributed by atoms with Crippen LogP contribution >= 0.6 is 12.4 Å². The highest BCUT2D eigenvalue weighted by Crippen LogP contribution is 2.24. The van der Waals surface area contributed by atoms with Crippen molar-refractivity contribution in [3.05, 3.63) is 23.1 Å². The van der Waals surface area contributed by atoms with E-state index in [0.717, 1.165) is 42.2 Å². The lowest BCUT2D eigenvalue weighted by Gasteiger charge is -2.04. The molecule has 2 heterocycles. The molecule has 0 aliphatic carbocycles. The van der Waals surface area contributed by atoms with E-state index in [9.17, 15) is 4.79 Å². The van der Waals surface area contributed by atoms with E-state index in [2.05, 4.69) is 32.9 Å². The van der Waals surface area contributed by atoms with Gasteiger partial charge < -0.3 is 10.6 Å². The van der Waals surface area contributed by atoms with Crippen molar-refractivity contribution >= 4 is 18.3 Å². The number of aryl methyl sites for hydroxylation is 2. The molecule has 2 rings (SSSR count). The summed E-state index contributed by atoms with van der Waals surface area (Å²) in [5, 5.41) is 17.5. The third kappa shape index (κ3) is 4.56. The van der Waals surface area contributed by atoms with Crippen LogP contribution in [0.5, 0.6) is 0 Å². The molecule has 8 heteroatoms. The molecule has 0 radical (unpaired) electrons. The van der Waals surface area contributed by atoms with Crippen molar-refractivity contribution in [1.29, 1.82) is 0 Å². The Labute approximate surface area is 142 Å². The predicted molar refractivity (Wildman–Crippen MR) is 93.0 cm³/mol. The van der Waals surface area contributed by atoms with E-state index in [1.165, 1.54) is 0 Å². The zero-order valence-electron chi connectivity index (χ0n) is 14.1. The van der Waals surface area contributed by atoms with Gasteiger partial charge in [-0.1, -0.05) is 6.92 Å². The molecule has 1 amide bonds. The summed E-state index contributed by atoms with van der Waals surface area (Å²) in [4.78, 5) is 12.1. The summed E-state index contributed by atoms with van der Waals surface area (Å²) in [6, 6.07) is 1.77. The molecule has 0 atom stereocenters. The lowest BCUT2D eigenvalue weighted by Crippen LogP contribution is -2.32. The Morgan fingerprint density at radius 3 is 2.65 bits per heavy atom. The summed E-state index contributed by atoms with van der Waals surface area (Å²) in [6.07, 6.45) is 1.08. The van der Waals surface area contributed by atoms with Crippen LogP contribution in [0.1, 0.15) is 35.2 Å². The van der Waals surface area contributed by atoms with Crippen LogP contribution in [-0.4, -0.2) is 45.5 Å². The molecule has 0 saturated heterocycles. The number of H-pyrrole nitrogens is 1. The SMILES string of the molecule is CCCNCCNC(=O)c1cc(-c2c(C)nn(C)c2C)n[nH]1.Cl. The Morgan fingerprint density at radius 1 is 1.30 bits per heavy atom. The normalized spacial score (nSPS) is 10.4. The molecule has 23 heavy (non-hydrogen) atoms. The first kappa shape index (κ1) is 19.2. The van der Waals surface area contributed by atoms with Gasteiger partial charge in [0.25, 0.3) is 5.91 Å². The fraction of sp³-hybridized carbons (Fsp3) is 0.533. The first-order chi connectivity index (χ1) is 10.5. The number of rotatable bonds is 7. The van der Waals surface area contributed by atoms with Gasteiger partial charge in [-0.2, -0.15) is 10.2 Å². The van der Waals surface area contributed by atoms with Gasteiger partial charge in [-0.05, 0) is 32.9 Å². The molecule has 0 fully saturated rings. The molecule has 0 saturated carbocycles. The van der Waals surface area contributed by atoms with Crippen LogP contribution < -0.4 is 10.6 Å². The van der Waals surface area contributed by atoms with Gasteiger partial charge in [0.2, 0.25) is 0 Å². The van der Waals surface area contributed by atoms with Gasteiger partial charge in [-0.25, -0.2) is 0 Å². The van der Waals surface area contributed by atoms with E-state index in [1.807, 2.05) is 25.6 Å². The third-order valence-corrected chi connectivity index (χ3v) is 3.60. The smallest absolute Gasteiger partial charge is 0.269 e. The number of amides is 1. The first-order valence-corrected chi connectivity index (χ1v) is 7.59. The molecule has 2 aromatic heterocycles. The van der Waals surface area contributed by atoms with Gasteiger partial charge in [0, 0.05) is 31.4 Å². The highest BCUT2D eigenvalue weighted by Gasteiger charge is 2.16. The van der Waals surface area contributed by atoms with Gasteiger partial charge in [0.15, 0.2) is 0 Å². The second-order valence-electron chi connectivity index (χ2n) is 5.34. The third-order valence-electron chi connectivity index (χ3n) is 3.60. The highest BCUT2D eigenvalue weighted by atomic mass is 35.5. The molecule has 0 spiro atoms. The first-order valence-electron chi connectivity index (χ1n) is 7.59. The summed E-state index contributed by atoms with van der Waals surface area (Å²) in [5.74, 6) is -0.142. The van der Waals surface area contributed by atoms with Crippen molar-refractivity contribution < 1.29 is 4.79 Å². The van der Waals surface area contributed by atoms with E-state index in [-0.39, 0.29) is 18.3 Å². The van der Waals surface area contributed by atoms with Gasteiger partial charge in [0.1, 0.15) is 5.69 Å². The average molecular weight is 341 g/mol. The lowest BCUT2D eigenvalue weighted by atomic mass is 10.1. The molecule has 0 bridgehead atoms. The zero-order chi connectivity index (χ0) is 16.1. The Bertz CT molecular complexity index is 648. The minimum Gasteiger partial charge on any atom is -0.349 e. The van der Waals surface area contributed by atoms with Crippen LogP contribution in [0.15, 0.2) is 6.07 Å². The molecule has 7 nitrogen and oxygen atoms in total. The maximum absolute atomic E-state index is 12.1. The standard InChI is InChI=1S/C15H24N6O.ClH/c1-5-6-16-7-8-17-15(22)13-9-12(18-19-13)14-10(2)20-21(4)11(14)3;/h9,16H,5-8H2,1-4H3,(H,17,22)(H,18,19);1H. The molecular formula is C15H25ClN6O. The molecular weight excluding hydrogens is 316 g/mol. The Balaban J connectivity index is 0.00000264. The van der Waals surface area contributed by atoms with Crippen molar-refractivity contribution in [2.24, 2.45) is 7.05 Å². The number of aromatic amines is 1. The number of nitrogens with one attached hydrogen (secondary N) is 3. The van der Waals surface area contributed by atoms with E-state index in [1.54, 1.807) is 6.07 Å². The molecule has 0 aliphatic heterocycles. The van der Waals surface area contributed by atoms with E-state index >= 15 is 0 Å². The quantitative estimate of drug-likeness (QED) is 0.668. The Morgan fingerprint density at radius 2 is 2.04 bits per heavy atom. The van der Waals surface area contributed by atoms with Crippen molar-refractivity contribution in [3.63, 3.8) is 0 Å². The summed E-state index contributed by atoms with van der Waals surface area (Å²) >= 11 is 0. The molecule has 0 aliphatic rings. The maximum Gasteiger partial charge on any atom is 0.269 e. The number of nitrogens with zero attached hydrogens (tertiary/aromatic N) is 3. The van der Waals surface area contributed by atoms with Crippen LogP contribution in [0.25, 0.3) is 11.3 Å². The molecule has 0 unspecified atom stereocenters. The van der Waals surface area contributed by atoms with Crippen LogP contribution in [0.3, 0.4) is 0 Å². The number of halogens is 1. The molecule has 0 aromatic carbocycles. The summed E-state index contributed by atoms with van der Waals surface area (Å²) in [5.41, 5.74) is 4.12. The summed E-state index contributed by atoms with van der Waals surface area (Å²) < 4.78 is 1.82.